The molecule has 0 saturated carbocycles. The van der Waals surface area contributed by atoms with Crippen LogP contribution in [0.2, 0.25) is 0 Å². The lowest BCUT2D eigenvalue weighted by Gasteiger charge is -2.23. The predicted molar refractivity (Wildman–Crippen MR) is 79.8 cm³/mol. The van der Waals surface area contributed by atoms with Crippen molar-refractivity contribution < 1.29 is 9.84 Å². The number of hydrogen-bond donors (Lipinski definition) is 1. The van der Waals surface area contributed by atoms with E-state index in [0.717, 1.165) is 41.7 Å². The van der Waals surface area contributed by atoms with E-state index in [1.54, 1.807) is 6.07 Å². The van der Waals surface area contributed by atoms with Gasteiger partial charge in [-0.15, -0.1) is 0 Å². The van der Waals surface area contributed by atoms with Gasteiger partial charge in [-0.1, -0.05) is 30.3 Å². The molecule has 0 saturated heterocycles. The molecule has 1 aliphatic rings. The highest BCUT2D eigenvalue weighted by Gasteiger charge is 2.20. The summed E-state index contributed by atoms with van der Waals surface area (Å²) in [5, 5.41) is 19.2. The van der Waals surface area contributed by atoms with Gasteiger partial charge >= 0.3 is 0 Å². The number of nitrogens with zero attached hydrogens (tertiary/aromatic N) is 1. The van der Waals surface area contributed by atoms with Gasteiger partial charge in [0.2, 0.25) is 0 Å². The minimum Gasteiger partial charge on any atom is -0.489 e. The first-order valence-electron chi connectivity index (χ1n) is 7.20. The van der Waals surface area contributed by atoms with E-state index in [1.807, 2.05) is 36.4 Å². The Balaban J connectivity index is 1.83. The molecule has 0 heterocycles. The summed E-state index contributed by atoms with van der Waals surface area (Å²) in [7, 11) is 0. The summed E-state index contributed by atoms with van der Waals surface area (Å²) < 4.78 is 5.92. The minimum absolute atomic E-state index is 0.371. The molecule has 0 radical (unpaired) electrons. The van der Waals surface area contributed by atoms with Gasteiger partial charge in [0, 0.05) is 5.56 Å². The van der Waals surface area contributed by atoms with Crippen LogP contribution < -0.4 is 4.74 Å². The standard InChI is InChI=1S/C18H17NO2/c19-11-13-5-1-2-6-14(13)12-21-18-10-4-7-15-16(18)8-3-9-17(15)20/h1-2,4-7,10,17,20H,3,8-9,12H2/t17-/m0/s1. The van der Waals surface area contributed by atoms with Crippen molar-refractivity contribution in [3.05, 3.63) is 64.7 Å². The van der Waals surface area contributed by atoms with E-state index in [-0.39, 0.29) is 6.10 Å². The van der Waals surface area contributed by atoms with Crippen molar-refractivity contribution in [2.24, 2.45) is 0 Å². The summed E-state index contributed by atoms with van der Waals surface area (Å²) in [6, 6.07) is 15.5. The molecule has 0 spiro atoms. The van der Waals surface area contributed by atoms with E-state index in [4.69, 9.17) is 10.00 Å². The largest absolute Gasteiger partial charge is 0.489 e. The summed E-state index contributed by atoms with van der Waals surface area (Å²) >= 11 is 0. The molecule has 21 heavy (non-hydrogen) atoms. The van der Waals surface area contributed by atoms with Crippen molar-refractivity contribution in [1.82, 2.24) is 0 Å². The summed E-state index contributed by atoms with van der Waals surface area (Å²) in [6.07, 6.45) is 2.34. The molecule has 0 amide bonds. The number of benzene rings is 2. The number of aliphatic hydroxyl groups is 1. The first kappa shape index (κ1) is 13.7. The van der Waals surface area contributed by atoms with Crippen molar-refractivity contribution in [1.29, 1.82) is 5.26 Å². The second-order valence-electron chi connectivity index (χ2n) is 5.29. The summed E-state index contributed by atoms with van der Waals surface area (Å²) in [4.78, 5) is 0. The van der Waals surface area contributed by atoms with Crippen molar-refractivity contribution in [2.45, 2.75) is 32.0 Å². The van der Waals surface area contributed by atoms with Gasteiger partial charge in [-0.25, -0.2) is 0 Å². The lowest BCUT2D eigenvalue weighted by atomic mass is 9.89. The highest BCUT2D eigenvalue weighted by atomic mass is 16.5. The zero-order valence-corrected chi connectivity index (χ0v) is 11.7. The number of hydrogen-bond acceptors (Lipinski definition) is 3. The minimum atomic E-state index is -0.385. The maximum absolute atomic E-state index is 10.1. The van der Waals surface area contributed by atoms with Crippen LogP contribution in [-0.4, -0.2) is 5.11 Å². The van der Waals surface area contributed by atoms with Gasteiger partial charge < -0.3 is 9.84 Å². The molecule has 3 rings (SSSR count). The Kier molecular flexibility index (Phi) is 3.89. The van der Waals surface area contributed by atoms with Gasteiger partial charge in [0.1, 0.15) is 12.4 Å². The fourth-order valence-corrected chi connectivity index (χ4v) is 2.84. The average molecular weight is 279 g/mol. The molecule has 2 aromatic rings. The Morgan fingerprint density at radius 1 is 1.19 bits per heavy atom. The van der Waals surface area contributed by atoms with Crippen LogP contribution >= 0.6 is 0 Å². The molecule has 2 aromatic carbocycles. The third kappa shape index (κ3) is 2.76. The van der Waals surface area contributed by atoms with Crippen LogP contribution in [0.15, 0.2) is 42.5 Å². The predicted octanol–water partition coefficient (Wildman–Crippen LogP) is 3.51. The highest BCUT2D eigenvalue weighted by Crippen LogP contribution is 2.35. The first-order valence-corrected chi connectivity index (χ1v) is 7.20. The third-order valence-electron chi connectivity index (χ3n) is 3.95. The second-order valence-corrected chi connectivity index (χ2v) is 5.29. The van der Waals surface area contributed by atoms with E-state index in [9.17, 15) is 5.11 Å². The van der Waals surface area contributed by atoms with E-state index in [0.29, 0.717) is 12.2 Å². The fourth-order valence-electron chi connectivity index (χ4n) is 2.84. The molecule has 1 aliphatic carbocycles. The molecule has 0 aliphatic heterocycles. The normalized spacial score (nSPS) is 16.9. The molecule has 106 valence electrons. The molecular formula is C18H17NO2. The zero-order chi connectivity index (χ0) is 14.7. The Morgan fingerprint density at radius 3 is 2.90 bits per heavy atom. The zero-order valence-electron chi connectivity index (χ0n) is 11.7. The van der Waals surface area contributed by atoms with Gasteiger partial charge in [0.25, 0.3) is 0 Å². The fraction of sp³-hybridized carbons (Fsp3) is 0.278. The molecule has 1 atom stereocenters. The van der Waals surface area contributed by atoms with Crippen molar-refractivity contribution in [3.63, 3.8) is 0 Å². The number of ether oxygens (including phenoxy) is 1. The lowest BCUT2D eigenvalue weighted by Crippen LogP contribution is -2.11. The van der Waals surface area contributed by atoms with Crippen molar-refractivity contribution in [3.8, 4) is 11.8 Å². The smallest absolute Gasteiger partial charge is 0.123 e. The van der Waals surface area contributed by atoms with Gasteiger partial charge in [0.05, 0.1) is 17.7 Å². The van der Waals surface area contributed by atoms with E-state index >= 15 is 0 Å². The van der Waals surface area contributed by atoms with Crippen LogP contribution in [-0.2, 0) is 13.0 Å². The van der Waals surface area contributed by atoms with Crippen LogP contribution in [0.5, 0.6) is 5.75 Å². The molecular weight excluding hydrogens is 262 g/mol. The SMILES string of the molecule is N#Cc1ccccc1COc1cccc2c1CCC[C@@H]2O. The highest BCUT2D eigenvalue weighted by molar-refractivity contribution is 5.43. The Labute approximate surface area is 124 Å². The van der Waals surface area contributed by atoms with Crippen LogP contribution in [0.3, 0.4) is 0 Å². The van der Waals surface area contributed by atoms with E-state index < -0.39 is 0 Å². The molecule has 0 aromatic heterocycles. The Morgan fingerprint density at radius 2 is 2.05 bits per heavy atom. The Bertz CT molecular complexity index is 688. The lowest BCUT2D eigenvalue weighted by molar-refractivity contribution is 0.155. The topological polar surface area (TPSA) is 53.2 Å². The maximum Gasteiger partial charge on any atom is 0.123 e. The van der Waals surface area contributed by atoms with Gasteiger partial charge in [-0.2, -0.15) is 5.26 Å². The molecule has 0 unspecified atom stereocenters. The van der Waals surface area contributed by atoms with Gasteiger partial charge in [-0.05, 0) is 42.5 Å². The van der Waals surface area contributed by atoms with Crippen molar-refractivity contribution in [2.75, 3.05) is 0 Å². The van der Waals surface area contributed by atoms with Crippen molar-refractivity contribution >= 4 is 0 Å². The number of rotatable bonds is 3. The van der Waals surface area contributed by atoms with Gasteiger partial charge in [-0.3, -0.25) is 0 Å². The van der Waals surface area contributed by atoms with Crippen LogP contribution in [0.25, 0.3) is 0 Å². The number of nitriles is 1. The number of aliphatic hydroxyl groups excluding tert-OH is 1. The third-order valence-corrected chi connectivity index (χ3v) is 3.95. The second kappa shape index (κ2) is 5.99. The van der Waals surface area contributed by atoms with Crippen LogP contribution in [0.4, 0.5) is 0 Å². The van der Waals surface area contributed by atoms with Crippen LogP contribution in [0.1, 0.15) is 41.2 Å². The molecule has 3 nitrogen and oxygen atoms in total. The quantitative estimate of drug-likeness (QED) is 0.935. The molecule has 3 heteroatoms. The van der Waals surface area contributed by atoms with E-state index in [2.05, 4.69) is 6.07 Å². The van der Waals surface area contributed by atoms with Gasteiger partial charge in [0.15, 0.2) is 0 Å². The monoisotopic (exact) mass is 279 g/mol. The first-order chi connectivity index (χ1) is 10.3. The summed E-state index contributed by atoms with van der Waals surface area (Å²) in [6.45, 7) is 0.371. The molecule has 1 N–H and O–H groups in total. The maximum atomic E-state index is 10.1. The molecule has 0 bridgehead atoms. The molecule has 0 fully saturated rings. The summed E-state index contributed by atoms with van der Waals surface area (Å²) in [5.41, 5.74) is 3.61. The Hall–Kier alpha value is -2.31. The average Bonchev–Trinajstić information content (AvgIpc) is 2.53. The number of fused-ring (bicyclic) bond motifs is 1. The van der Waals surface area contributed by atoms with Crippen LogP contribution in [0, 0.1) is 11.3 Å². The van der Waals surface area contributed by atoms with E-state index in [1.165, 1.54) is 0 Å². The summed E-state index contributed by atoms with van der Waals surface area (Å²) in [5.74, 6) is 0.819.